The maximum absolute atomic E-state index is 5.50. The highest BCUT2D eigenvalue weighted by molar-refractivity contribution is 5.26. The molecule has 1 N–H and O–H groups in total. The Morgan fingerprint density at radius 1 is 1.28 bits per heavy atom. The SMILES string of the molecule is C#CC(C)(C)Oc1nc(NC)nc(OCCC)n1. The molecule has 0 fully saturated rings. The predicted octanol–water partition coefficient (Wildman–Crippen LogP) is 1.49. The summed E-state index contributed by atoms with van der Waals surface area (Å²) in [5.74, 6) is 2.88. The van der Waals surface area contributed by atoms with Gasteiger partial charge >= 0.3 is 12.0 Å². The fourth-order valence-electron chi connectivity index (χ4n) is 1.01. The average Bonchev–Trinajstić information content (AvgIpc) is 2.35. The minimum atomic E-state index is -0.783. The number of nitrogens with one attached hydrogen (secondary N) is 1. The minimum Gasteiger partial charge on any atom is -0.463 e. The van der Waals surface area contributed by atoms with E-state index in [2.05, 4.69) is 26.2 Å². The number of rotatable bonds is 6. The van der Waals surface area contributed by atoms with Gasteiger partial charge in [-0.25, -0.2) is 0 Å². The second-order valence-corrected chi connectivity index (χ2v) is 4.08. The third-order valence-corrected chi connectivity index (χ3v) is 1.95. The quantitative estimate of drug-likeness (QED) is 0.771. The van der Waals surface area contributed by atoms with Crippen LogP contribution in [-0.2, 0) is 0 Å². The molecule has 0 aliphatic rings. The monoisotopic (exact) mass is 250 g/mol. The number of hydrogen-bond acceptors (Lipinski definition) is 6. The zero-order chi connectivity index (χ0) is 13.6. The van der Waals surface area contributed by atoms with E-state index in [0.29, 0.717) is 12.6 Å². The van der Waals surface area contributed by atoms with Crippen molar-refractivity contribution in [1.29, 1.82) is 0 Å². The fraction of sp³-hybridized carbons (Fsp3) is 0.583. The van der Waals surface area contributed by atoms with Crippen molar-refractivity contribution < 1.29 is 9.47 Å². The van der Waals surface area contributed by atoms with Crippen LogP contribution in [0.3, 0.4) is 0 Å². The maximum atomic E-state index is 5.50. The van der Waals surface area contributed by atoms with E-state index in [1.54, 1.807) is 20.9 Å². The average molecular weight is 250 g/mol. The lowest BCUT2D eigenvalue weighted by molar-refractivity contribution is 0.152. The van der Waals surface area contributed by atoms with Gasteiger partial charge in [0.25, 0.3) is 0 Å². The molecule has 98 valence electrons. The smallest absolute Gasteiger partial charge is 0.325 e. The van der Waals surface area contributed by atoms with Crippen molar-refractivity contribution in [3.8, 4) is 24.4 Å². The van der Waals surface area contributed by atoms with Gasteiger partial charge in [-0.3, -0.25) is 0 Å². The number of ether oxygens (including phenoxy) is 2. The predicted molar refractivity (Wildman–Crippen MR) is 68.7 cm³/mol. The number of nitrogens with zero attached hydrogens (tertiary/aromatic N) is 3. The molecule has 0 aromatic carbocycles. The van der Waals surface area contributed by atoms with Crippen molar-refractivity contribution >= 4 is 5.95 Å². The van der Waals surface area contributed by atoms with Crippen LogP contribution in [-0.4, -0.2) is 34.2 Å². The molecule has 0 spiro atoms. The Bertz CT molecular complexity index is 440. The van der Waals surface area contributed by atoms with Crippen molar-refractivity contribution in [1.82, 2.24) is 15.0 Å². The van der Waals surface area contributed by atoms with Crippen LogP contribution in [0, 0.1) is 12.3 Å². The zero-order valence-electron chi connectivity index (χ0n) is 11.1. The van der Waals surface area contributed by atoms with E-state index < -0.39 is 5.60 Å². The molecule has 1 aromatic heterocycles. The Morgan fingerprint density at radius 2 is 1.94 bits per heavy atom. The van der Waals surface area contributed by atoms with Crippen molar-refractivity contribution in [2.45, 2.75) is 32.8 Å². The molecule has 1 heterocycles. The molecule has 6 heteroatoms. The first kappa shape index (κ1) is 14.0. The first-order chi connectivity index (χ1) is 8.50. The van der Waals surface area contributed by atoms with E-state index in [0.717, 1.165) is 6.42 Å². The summed E-state index contributed by atoms with van der Waals surface area (Å²) in [6.07, 6.45) is 6.22. The van der Waals surface area contributed by atoms with Crippen molar-refractivity contribution in [3.05, 3.63) is 0 Å². The van der Waals surface area contributed by atoms with Gasteiger partial charge in [0.15, 0.2) is 5.60 Å². The summed E-state index contributed by atoms with van der Waals surface area (Å²) in [7, 11) is 1.70. The highest BCUT2D eigenvalue weighted by Gasteiger charge is 2.19. The number of hydrogen-bond donors (Lipinski definition) is 1. The minimum absolute atomic E-state index is 0.142. The number of aromatic nitrogens is 3. The van der Waals surface area contributed by atoms with Crippen LogP contribution in [0.1, 0.15) is 27.2 Å². The fourth-order valence-corrected chi connectivity index (χ4v) is 1.01. The van der Waals surface area contributed by atoms with Crippen molar-refractivity contribution in [2.75, 3.05) is 19.0 Å². The van der Waals surface area contributed by atoms with Gasteiger partial charge in [0.05, 0.1) is 6.61 Å². The van der Waals surface area contributed by atoms with Gasteiger partial charge in [-0.1, -0.05) is 12.8 Å². The van der Waals surface area contributed by atoms with Crippen molar-refractivity contribution in [2.24, 2.45) is 0 Å². The summed E-state index contributed by atoms with van der Waals surface area (Å²) in [4.78, 5) is 12.2. The van der Waals surface area contributed by atoms with Crippen LogP contribution in [0.25, 0.3) is 0 Å². The standard InChI is InChI=1S/C12H18N4O2/c1-6-8-17-10-14-9(13-5)15-11(16-10)18-12(3,4)7-2/h2H,6,8H2,1,3-5H3,(H,13,14,15,16). The summed E-state index contributed by atoms with van der Waals surface area (Å²) in [5.41, 5.74) is -0.783. The molecule has 0 atom stereocenters. The normalized spacial score (nSPS) is 10.6. The summed E-state index contributed by atoms with van der Waals surface area (Å²) in [6, 6.07) is 0.363. The highest BCUT2D eigenvalue weighted by atomic mass is 16.5. The Hall–Kier alpha value is -2.03. The molecule has 6 nitrogen and oxygen atoms in total. The summed E-state index contributed by atoms with van der Waals surface area (Å²) < 4.78 is 10.8. The largest absolute Gasteiger partial charge is 0.463 e. The van der Waals surface area contributed by atoms with Gasteiger partial charge < -0.3 is 14.8 Å². The topological polar surface area (TPSA) is 69.2 Å². The van der Waals surface area contributed by atoms with E-state index in [-0.39, 0.29) is 12.0 Å². The van der Waals surface area contributed by atoms with Gasteiger partial charge in [0, 0.05) is 7.05 Å². The lowest BCUT2D eigenvalue weighted by Gasteiger charge is -2.18. The summed E-state index contributed by atoms with van der Waals surface area (Å²) in [6.45, 7) is 6.04. The number of anilines is 1. The zero-order valence-corrected chi connectivity index (χ0v) is 11.1. The van der Waals surface area contributed by atoms with E-state index in [9.17, 15) is 0 Å². The molecule has 0 saturated carbocycles. The molecule has 0 amide bonds. The Morgan fingerprint density at radius 3 is 2.50 bits per heavy atom. The van der Waals surface area contributed by atoms with Crippen LogP contribution >= 0.6 is 0 Å². The van der Waals surface area contributed by atoms with E-state index in [1.807, 2.05) is 6.92 Å². The molecule has 0 aliphatic carbocycles. The highest BCUT2D eigenvalue weighted by Crippen LogP contribution is 2.17. The van der Waals surface area contributed by atoms with Gasteiger partial charge in [-0.15, -0.1) is 11.4 Å². The van der Waals surface area contributed by atoms with Gasteiger partial charge in [0.1, 0.15) is 0 Å². The van der Waals surface area contributed by atoms with Crippen LogP contribution in [0.5, 0.6) is 12.0 Å². The summed E-state index contributed by atoms with van der Waals surface area (Å²) >= 11 is 0. The molecule has 0 unspecified atom stereocenters. The molecule has 0 aliphatic heterocycles. The molecule has 18 heavy (non-hydrogen) atoms. The molecular formula is C12H18N4O2. The van der Waals surface area contributed by atoms with Gasteiger partial charge in [-0.2, -0.15) is 9.97 Å². The maximum Gasteiger partial charge on any atom is 0.325 e. The molecule has 0 radical (unpaired) electrons. The lowest BCUT2D eigenvalue weighted by Crippen LogP contribution is -2.27. The van der Waals surface area contributed by atoms with E-state index in [4.69, 9.17) is 15.9 Å². The Balaban J connectivity index is 2.94. The molecule has 0 saturated heterocycles. The van der Waals surface area contributed by atoms with Crippen LogP contribution < -0.4 is 14.8 Å². The summed E-state index contributed by atoms with van der Waals surface area (Å²) in [5, 5.41) is 2.81. The number of terminal acetylenes is 1. The van der Waals surface area contributed by atoms with Gasteiger partial charge in [0.2, 0.25) is 5.95 Å². The van der Waals surface area contributed by atoms with E-state index in [1.165, 1.54) is 0 Å². The van der Waals surface area contributed by atoms with Crippen LogP contribution in [0.2, 0.25) is 0 Å². The third kappa shape index (κ3) is 4.09. The lowest BCUT2D eigenvalue weighted by atomic mass is 10.2. The van der Waals surface area contributed by atoms with Crippen LogP contribution in [0.15, 0.2) is 0 Å². The van der Waals surface area contributed by atoms with Crippen molar-refractivity contribution in [3.63, 3.8) is 0 Å². The second-order valence-electron chi connectivity index (χ2n) is 4.08. The van der Waals surface area contributed by atoms with E-state index >= 15 is 0 Å². The second kappa shape index (κ2) is 6.05. The third-order valence-electron chi connectivity index (χ3n) is 1.95. The Labute approximate surface area is 107 Å². The molecule has 1 aromatic rings. The molecular weight excluding hydrogens is 232 g/mol. The molecule has 0 bridgehead atoms. The van der Waals surface area contributed by atoms with Gasteiger partial charge in [-0.05, 0) is 20.3 Å². The van der Waals surface area contributed by atoms with Crippen LogP contribution in [0.4, 0.5) is 5.95 Å². The first-order valence-corrected chi connectivity index (χ1v) is 5.74. The molecule has 1 rings (SSSR count). The Kier molecular flexibility index (Phi) is 4.72. The first-order valence-electron chi connectivity index (χ1n) is 5.74.